The number of para-hydroxylation sites is 2. The number of ether oxygens (including phenoxy) is 2. The lowest BCUT2D eigenvalue weighted by atomic mass is 9.87. The van der Waals surface area contributed by atoms with E-state index in [2.05, 4.69) is 15.5 Å². The molecular weight excluding hydrogens is 418 g/mol. The number of hydrogen-bond donors (Lipinski definition) is 2. The van der Waals surface area contributed by atoms with Crippen LogP contribution in [0.4, 0.5) is 11.4 Å². The summed E-state index contributed by atoms with van der Waals surface area (Å²) in [5.41, 5.74) is 3.02. The predicted octanol–water partition coefficient (Wildman–Crippen LogP) is 3.83. The van der Waals surface area contributed by atoms with E-state index in [9.17, 15) is 9.59 Å². The number of carbonyl (C=O) groups excluding carboxylic acids is 2. The number of anilines is 2. The molecule has 0 aromatic heterocycles. The fourth-order valence-electron chi connectivity index (χ4n) is 4.21. The Hall–Kier alpha value is -3.68. The van der Waals surface area contributed by atoms with Crippen molar-refractivity contribution in [2.75, 3.05) is 43.5 Å². The Morgan fingerprint density at radius 1 is 0.788 bits per heavy atom. The van der Waals surface area contributed by atoms with Crippen molar-refractivity contribution < 1.29 is 19.1 Å². The third kappa shape index (κ3) is 4.74. The largest absolute Gasteiger partial charge is 0.457 e. The van der Waals surface area contributed by atoms with Gasteiger partial charge in [0.05, 0.1) is 25.7 Å². The van der Waals surface area contributed by atoms with Crippen molar-refractivity contribution in [1.82, 2.24) is 4.90 Å². The predicted molar refractivity (Wildman–Crippen MR) is 126 cm³/mol. The van der Waals surface area contributed by atoms with E-state index in [1.807, 2.05) is 48.5 Å². The summed E-state index contributed by atoms with van der Waals surface area (Å²) in [5.74, 6) is 0.704. The van der Waals surface area contributed by atoms with E-state index < -0.39 is 5.92 Å². The van der Waals surface area contributed by atoms with Crippen LogP contribution in [0.1, 0.15) is 17.0 Å². The van der Waals surface area contributed by atoms with Gasteiger partial charge in [0, 0.05) is 35.6 Å². The van der Waals surface area contributed by atoms with Gasteiger partial charge in [0.15, 0.2) is 0 Å². The second kappa shape index (κ2) is 9.44. The molecule has 2 aliphatic rings. The van der Waals surface area contributed by atoms with Crippen LogP contribution in [0, 0.1) is 0 Å². The van der Waals surface area contributed by atoms with Gasteiger partial charge in [-0.1, -0.05) is 36.4 Å². The molecule has 1 fully saturated rings. The molecule has 7 heteroatoms. The summed E-state index contributed by atoms with van der Waals surface area (Å²) in [5, 5.41) is 5.92. The van der Waals surface area contributed by atoms with E-state index in [1.165, 1.54) is 0 Å². The van der Waals surface area contributed by atoms with Crippen molar-refractivity contribution in [3.05, 3.63) is 83.9 Å². The number of fused-ring (bicyclic) bond motifs is 2. The van der Waals surface area contributed by atoms with Gasteiger partial charge in [-0.3, -0.25) is 14.5 Å². The molecule has 0 saturated carbocycles. The minimum absolute atomic E-state index is 0.0656. The van der Waals surface area contributed by atoms with Crippen LogP contribution in [-0.2, 0) is 14.3 Å². The Bertz CT molecular complexity index is 1110. The highest BCUT2D eigenvalue weighted by molar-refractivity contribution is 6.00. The topological polar surface area (TPSA) is 79.9 Å². The number of nitrogens with zero attached hydrogens (tertiary/aromatic N) is 1. The zero-order valence-electron chi connectivity index (χ0n) is 18.1. The van der Waals surface area contributed by atoms with Gasteiger partial charge >= 0.3 is 0 Å². The second-order valence-electron chi connectivity index (χ2n) is 8.11. The molecule has 33 heavy (non-hydrogen) atoms. The summed E-state index contributed by atoms with van der Waals surface area (Å²) >= 11 is 0. The maximum atomic E-state index is 13.3. The van der Waals surface area contributed by atoms with E-state index in [0.29, 0.717) is 42.6 Å². The monoisotopic (exact) mass is 443 g/mol. The summed E-state index contributed by atoms with van der Waals surface area (Å²) in [4.78, 5) is 27.7. The van der Waals surface area contributed by atoms with Crippen LogP contribution < -0.4 is 15.4 Å². The van der Waals surface area contributed by atoms with E-state index in [1.54, 1.807) is 24.3 Å². The SMILES string of the molecule is O=C(CN1CCOCC1)Nc1ccc(NC(=O)C2c3ccccc3Oc3ccccc32)cc1. The fraction of sp³-hybridized carbons (Fsp3) is 0.231. The van der Waals surface area contributed by atoms with Gasteiger partial charge in [0.2, 0.25) is 11.8 Å². The number of amides is 2. The second-order valence-corrected chi connectivity index (χ2v) is 8.11. The zero-order chi connectivity index (χ0) is 22.6. The fourth-order valence-corrected chi connectivity index (χ4v) is 4.21. The van der Waals surface area contributed by atoms with Gasteiger partial charge in [-0.25, -0.2) is 0 Å². The van der Waals surface area contributed by atoms with Crippen molar-refractivity contribution in [2.45, 2.75) is 5.92 Å². The standard InChI is InChI=1S/C26H25N3O4/c30-24(17-29-13-15-32-16-14-29)27-18-9-11-19(12-10-18)28-26(31)25-20-5-1-3-7-22(20)33-23-8-4-2-6-21(23)25/h1-12,25H,13-17H2,(H,27,30)(H,28,31). The molecule has 168 valence electrons. The quantitative estimate of drug-likeness (QED) is 0.627. The molecular formula is C26H25N3O4. The Kier molecular flexibility index (Phi) is 6.06. The van der Waals surface area contributed by atoms with Gasteiger partial charge in [0.1, 0.15) is 11.5 Å². The highest BCUT2D eigenvalue weighted by atomic mass is 16.5. The molecule has 0 aliphatic carbocycles. The summed E-state index contributed by atoms with van der Waals surface area (Å²) in [6.45, 7) is 3.17. The van der Waals surface area contributed by atoms with Crippen LogP contribution in [-0.4, -0.2) is 49.6 Å². The third-order valence-electron chi connectivity index (χ3n) is 5.85. The van der Waals surface area contributed by atoms with Crippen molar-refractivity contribution in [1.29, 1.82) is 0 Å². The van der Waals surface area contributed by atoms with Crippen LogP contribution in [0.2, 0.25) is 0 Å². The molecule has 0 spiro atoms. The lowest BCUT2D eigenvalue weighted by Crippen LogP contribution is -2.41. The van der Waals surface area contributed by atoms with Crippen LogP contribution >= 0.6 is 0 Å². The molecule has 5 rings (SSSR count). The normalized spacial score (nSPS) is 15.6. The number of rotatable bonds is 5. The van der Waals surface area contributed by atoms with Crippen LogP contribution in [0.3, 0.4) is 0 Å². The first kappa shape index (κ1) is 21.2. The van der Waals surface area contributed by atoms with Crippen molar-refractivity contribution in [2.24, 2.45) is 0 Å². The first-order chi connectivity index (χ1) is 16.2. The maximum Gasteiger partial charge on any atom is 0.238 e. The number of nitrogens with one attached hydrogen (secondary N) is 2. The minimum atomic E-state index is -0.473. The van der Waals surface area contributed by atoms with Gasteiger partial charge < -0.3 is 20.1 Å². The number of benzene rings is 3. The lowest BCUT2D eigenvalue weighted by molar-refractivity contribution is -0.118. The van der Waals surface area contributed by atoms with Crippen LogP contribution in [0.15, 0.2) is 72.8 Å². The highest BCUT2D eigenvalue weighted by Crippen LogP contribution is 2.44. The van der Waals surface area contributed by atoms with Gasteiger partial charge in [0.25, 0.3) is 0 Å². The Balaban J connectivity index is 1.26. The van der Waals surface area contributed by atoms with E-state index in [4.69, 9.17) is 9.47 Å². The molecule has 7 nitrogen and oxygen atoms in total. The molecule has 0 radical (unpaired) electrons. The molecule has 3 aromatic carbocycles. The summed E-state index contributed by atoms with van der Waals surface area (Å²) in [7, 11) is 0. The van der Waals surface area contributed by atoms with Crippen molar-refractivity contribution in [3.63, 3.8) is 0 Å². The van der Waals surface area contributed by atoms with Crippen molar-refractivity contribution in [3.8, 4) is 11.5 Å². The first-order valence-electron chi connectivity index (χ1n) is 11.0. The van der Waals surface area contributed by atoms with Crippen LogP contribution in [0.5, 0.6) is 11.5 Å². The average molecular weight is 444 g/mol. The number of morpholine rings is 1. The molecule has 2 N–H and O–H groups in total. The Morgan fingerprint density at radius 3 is 1.94 bits per heavy atom. The van der Waals surface area contributed by atoms with Gasteiger partial charge in [-0.05, 0) is 36.4 Å². The third-order valence-corrected chi connectivity index (χ3v) is 5.85. The summed E-state index contributed by atoms with van der Waals surface area (Å²) in [6, 6.07) is 22.4. The highest BCUT2D eigenvalue weighted by Gasteiger charge is 2.32. The molecule has 0 atom stereocenters. The maximum absolute atomic E-state index is 13.3. The summed E-state index contributed by atoms with van der Waals surface area (Å²) in [6.07, 6.45) is 0. The minimum Gasteiger partial charge on any atom is -0.457 e. The lowest BCUT2D eigenvalue weighted by Gasteiger charge is -2.27. The average Bonchev–Trinajstić information content (AvgIpc) is 2.84. The molecule has 0 bridgehead atoms. The summed E-state index contributed by atoms with van der Waals surface area (Å²) < 4.78 is 11.3. The van der Waals surface area contributed by atoms with E-state index >= 15 is 0 Å². The van der Waals surface area contributed by atoms with Crippen molar-refractivity contribution >= 4 is 23.2 Å². The van der Waals surface area contributed by atoms with E-state index in [0.717, 1.165) is 24.2 Å². The Morgan fingerprint density at radius 2 is 1.33 bits per heavy atom. The molecule has 2 amide bonds. The number of hydrogen-bond acceptors (Lipinski definition) is 5. The van der Waals surface area contributed by atoms with Gasteiger partial charge in [-0.15, -0.1) is 0 Å². The van der Waals surface area contributed by atoms with Gasteiger partial charge in [-0.2, -0.15) is 0 Å². The number of carbonyl (C=O) groups is 2. The smallest absolute Gasteiger partial charge is 0.238 e. The van der Waals surface area contributed by atoms with Crippen LogP contribution in [0.25, 0.3) is 0 Å². The van der Waals surface area contributed by atoms with E-state index in [-0.39, 0.29) is 11.8 Å². The molecule has 2 heterocycles. The Labute approximate surface area is 192 Å². The molecule has 3 aromatic rings. The first-order valence-corrected chi connectivity index (χ1v) is 11.0. The zero-order valence-corrected chi connectivity index (χ0v) is 18.1. The molecule has 2 aliphatic heterocycles. The molecule has 1 saturated heterocycles. The molecule has 0 unspecified atom stereocenters.